The first-order chi connectivity index (χ1) is 13.7. The topological polar surface area (TPSA) is 86.2 Å². The van der Waals surface area contributed by atoms with Crippen LogP contribution in [0.2, 0.25) is 0 Å². The Labute approximate surface area is 166 Å². The Morgan fingerprint density at radius 1 is 1.34 bits per heavy atom. The summed E-state index contributed by atoms with van der Waals surface area (Å²) in [6.07, 6.45) is 0.479. The van der Waals surface area contributed by atoms with Crippen LogP contribution in [-0.2, 0) is 23.9 Å². The van der Waals surface area contributed by atoms with Crippen molar-refractivity contribution < 1.29 is 32.7 Å². The van der Waals surface area contributed by atoms with E-state index in [-0.39, 0.29) is 36.8 Å². The number of amides is 1. The molecule has 0 aromatic heterocycles. The van der Waals surface area contributed by atoms with E-state index in [1.165, 1.54) is 6.08 Å². The fraction of sp³-hybridized carbons (Fsp3) is 0.450. The number of carbonyl (C=O) groups is 2. The molecule has 0 bridgehead atoms. The highest BCUT2D eigenvalue weighted by Gasteiger charge is 2.46. The van der Waals surface area contributed by atoms with E-state index in [9.17, 15) is 18.4 Å². The molecule has 9 heteroatoms. The van der Waals surface area contributed by atoms with Crippen molar-refractivity contribution in [2.45, 2.75) is 50.5 Å². The molecule has 3 rings (SSSR count). The number of rotatable bonds is 6. The molecule has 0 saturated carbocycles. The first-order valence-electron chi connectivity index (χ1n) is 9.20. The van der Waals surface area contributed by atoms with Gasteiger partial charge in [0, 0.05) is 24.5 Å². The Bertz CT molecular complexity index is 837. The lowest BCUT2D eigenvalue weighted by Gasteiger charge is -2.23. The molecule has 7 nitrogen and oxygen atoms in total. The maximum absolute atomic E-state index is 13.5. The molecule has 1 aromatic rings. The minimum atomic E-state index is -1.52. The van der Waals surface area contributed by atoms with Crippen LogP contribution in [0.4, 0.5) is 8.78 Å². The van der Waals surface area contributed by atoms with Crippen molar-refractivity contribution in [3.05, 3.63) is 48.1 Å². The third-order valence-corrected chi connectivity index (χ3v) is 4.61. The van der Waals surface area contributed by atoms with Crippen LogP contribution < -0.4 is 5.32 Å². The van der Waals surface area contributed by atoms with E-state index in [0.717, 1.165) is 18.2 Å². The molecular formula is C20H22F2N2O5. The van der Waals surface area contributed by atoms with Crippen molar-refractivity contribution in [2.75, 3.05) is 6.61 Å². The average molecular weight is 408 g/mol. The smallest absolute Gasteiger partial charge is 0.335 e. The molecule has 156 valence electrons. The van der Waals surface area contributed by atoms with Gasteiger partial charge in [0.15, 0.2) is 6.10 Å². The van der Waals surface area contributed by atoms with E-state index < -0.39 is 41.3 Å². The van der Waals surface area contributed by atoms with Crippen LogP contribution in [0.15, 0.2) is 36.0 Å². The lowest BCUT2D eigenvalue weighted by atomic mass is 9.92. The largest absolute Gasteiger partial charge is 0.461 e. The number of hydrogen-bond acceptors (Lipinski definition) is 6. The van der Waals surface area contributed by atoms with E-state index in [1.807, 2.05) is 0 Å². The number of benzene rings is 1. The van der Waals surface area contributed by atoms with Crippen molar-refractivity contribution >= 4 is 17.6 Å². The summed E-state index contributed by atoms with van der Waals surface area (Å²) in [7, 11) is 0. The molecule has 1 fully saturated rings. The fourth-order valence-corrected chi connectivity index (χ4v) is 3.16. The normalized spacial score (nSPS) is 26.0. The van der Waals surface area contributed by atoms with Gasteiger partial charge >= 0.3 is 5.97 Å². The molecule has 1 aromatic carbocycles. The Kier molecular flexibility index (Phi) is 5.97. The van der Waals surface area contributed by atoms with Gasteiger partial charge in [-0.2, -0.15) is 0 Å². The van der Waals surface area contributed by atoms with Crippen LogP contribution in [0.25, 0.3) is 0 Å². The minimum absolute atomic E-state index is 0.0440. The predicted octanol–water partition coefficient (Wildman–Crippen LogP) is 2.24. The van der Waals surface area contributed by atoms with Crippen LogP contribution in [0.1, 0.15) is 32.3 Å². The van der Waals surface area contributed by atoms with Gasteiger partial charge in [0.2, 0.25) is 5.60 Å². The molecule has 0 spiro atoms. The standard InChI is InChI=1S/C20H22F2N2O5/c1-4-20(9-16(24-29-20)12-5-13(21)7-14(22)6-12)19(26)23-15-8-17(27-10-15)18(25)28-11(2)3/h4-7,11,15,17H,1,8-10H2,2-3H3,(H,23,26)/t15?,17?,20-/m1/s1. The summed E-state index contributed by atoms with van der Waals surface area (Å²) in [6, 6.07) is 2.54. The van der Waals surface area contributed by atoms with Gasteiger partial charge in [0.05, 0.1) is 24.5 Å². The van der Waals surface area contributed by atoms with E-state index in [4.69, 9.17) is 14.3 Å². The molecule has 1 N–H and O–H groups in total. The molecule has 2 unspecified atom stereocenters. The predicted molar refractivity (Wildman–Crippen MR) is 99.0 cm³/mol. The summed E-state index contributed by atoms with van der Waals surface area (Å²) in [5.74, 6) is -2.53. The lowest BCUT2D eigenvalue weighted by molar-refractivity contribution is -0.158. The number of halogens is 2. The van der Waals surface area contributed by atoms with Crippen LogP contribution in [-0.4, -0.2) is 48.0 Å². The fourth-order valence-electron chi connectivity index (χ4n) is 3.16. The van der Waals surface area contributed by atoms with Gasteiger partial charge in [-0.05, 0) is 32.1 Å². The Hall–Kier alpha value is -2.81. The summed E-state index contributed by atoms with van der Waals surface area (Å²) < 4.78 is 37.5. The number of carbonyl (C=O) groups excluding carboxylic acids is 2. The number of oxime groups is 1. The molecule has 2 heterocycles. The molecule has 2 aliphatic heterocycles. The SMILES string of the molecule is C=C[C@]1(C(=O)NC2COC(C(=O)OC(C)C)C2)CC(c2cc(F)cc(F)c2)=NO1. The maximum atomic E-state index is 13.5. The Morgan fingerprint density at radius 2 is 2.03 bits per heavy atom. The number of hydrogen-bond donors (Lipinski definition) is 1. The van der Waals surface area contributed by atoms with Crippen LogP contribution in [0.5, 0.6) is 0 Å². The van der Waals surface area contributed by atoms with Gasteiger partial charge in [0.1, 0.15) is 11.6 Å². The van der Waals surface area contributed by atoms with Gasteiger partial charge < -0.3 is 19.6 Å². The minimum Gasteiger partial charge on any atom is -0.461 e. The summed E-state index contributed by atoms with van der Waals surface area (Å²) in [4.78, 5) is 30.1. The van der Waals surface area contributed by atoms with Crippen molar-refractivity contribution in [3.8, 4) is 0 Å². The van der Waals surface area contributed by atoms with Gasteiger partial charge in [-0.25, -0.2) is 13.6 Å². The van der Waals surface area contributed by atoms with Gasteiger partial charge in [0.25, 0.3) is 5.91 Å². The first kappa shape index (κ1) is 20.9. The highest BCUT2D eigenvalue weighted by Crippen LogP contribution is 2.29. The summed E-state index contributed by atoms with van der Waals surface area (Å²) in [5.41, 5.74) is -1.12. The summed E-state index contributed by atoms with van der Waals surface area (Å²) in [5, 5.41) is 6.59. The number of nitrogens with zero attached hydrogens (tertiary/aromatic N) is 1. The van der Waals surface area contributed by atoms with Crippen LogP contribution >= 0.6 is 0 Å². The zero-order valence-corrected chi connectivity index (χ0v) is 16.1. The van der Waals surface area contributed by atoms with Crippen LogP contribution in [0.3, 0.4) is 0 Å². The second-order valence-electron chi connectivity index (χ2n) is 7.27. The second-order valence-corrected chi connectivity index (χ2v) is 7.27. The van der Waals surface area contributed by atoms with Crippen molar-refractivity contribution in [3.63, 3.8) is 0 Å². The molecule has 1 saturated heterocycles. The zero-order valence-electron chi connectivity index (χ0n) is 16.1. The highest BCUT2D eigenvalue weighted by atomic mass is 19.1. The number of ether oxygens (including phenoxy) is 2. The molecule has 29 heavy (non-hydrogen) atoms. The first-order valence-corrected chi connectivity index (χ1v) is 9.20. The highest BCUT2D eigenvalue weighted by molar-refractivity contribution is 6.06. The van der Waals surface area contributed by atoms with Gasteiger partial charge in [-0.3, -0.25) is 4.79 Å². The van der Waals surface area contributed by atoms with Crippen molar-refractivity contribution in [1.29, 1.82) is 0 Å². The number of nitrogens with one attached hydrogen (secondary N) is 1. The third-order valence-electron chi connectivity index (χ3n) is 4.61. The average Bonchev–Trinajstić information content (AvgIpc) is 3.28. The molecular weight excluding hydrogens is 386 g/mol. The van der Waals surface area contributed by atoms with Gasteiger partial charge in [-0.1, -0.05) is 11.7 Å². The summed E-state index contributed by atoms with van der Waals surface area (Å²) >= 11 is 0. The maximum Gasteiger partial charge on any atom is 0.335 e. The quantitative estimate of drug-likeness (QED) is 0.576. The lowest BCUT2D eigenvalue weighted by Crippen LogP contribution is -2.49. The molecule has 0 aliphatic carbocycles. The van der Waals surface area contributed by atoms with Crippen molar-refractivity contribution in [2.24, 2.45) is 5.16 Å². The molecule has 3 atom stereocenters. The van der Waals surface area contributed by atoms with Crippen molar-refractivity contribution in [1.82, 2.24) is 5.32 Å². The van der Waals surface area contributed by atoms with Gasteiger partial charge in [-0.15, -0.1) is 0 Å². The van der Waals surface area contributed by atoms with E-state index >= 15 is 0 Å². The molecule has 2 aliphatic rings. The second kappa shape index (κ2) is 8.28. The third kappa shape index (κ3) is 4.61. The number of esters is 1. The van der Waals surface area contributed by atoms with E-state index in [2.05, 4.69) is 17.1 Å². The molecule has 1 amide bonds. The molecule has 0 radical (unpaired) electrons. The monoisotopic (exact) mass is 408 g/mol. The Morgan fingerprint density at radius 3 is 2.66 bits per heavy atom. The van der Waals surface area contributed by atoms with E-state index in [0.29, 0.717) is 0 Å². The Balaban J connectivity index is 1.63. The van der Waals surface area contributed by atoms with Crippen LogP contribution in [0, 0.1) is 11.6 Å². The zero-order chi connectivity index (χ0) is 21.2. The van der Waals surface area contributed by atoms with E-state index in [1.54, 1.807) is 13.8 Å². The summed E-state index contributed by atoms with van der Waals surface area (Å²) in [6.45, 7) is 7.25.